The van der Waals surface area contributed by atoms with Crippen molar-refractivity contribution >= 4 is 44.7 Å². The largest absolute Gasteiger partial charge is 0.389 e. The Balaban J connectivity index is 2.36. The van der Waals surface area contributed by atoms with Gasteiger partial charge >= 0.3 is 0 Å². The summed E-state index contributed by atoms with van der Waals surface area (Å²) in [7, 11) is -0.838. The van der Waals surface area contributed by atoms with Crippen LogP contribution < -0.4 is 11.1 Å². The number of rotatable bonds is 5. The fourth-order valence-electron chi connectivity index (χ4n) is 1.75. The van der Waals surface area contributed by atoms with Gasteiger partial charge in [0.1, 0.15) is 10.8 Å². The Morgan fingerprint density at radius 1 is 1.47 bits per heavy atom. The molecule has 19 heavy (non-hydrogen) atoms. The standard InChI is InChI=1S/C13H15N3OS2/c1-19(17)7-6-15-13-10(12(14)18)8-9-4-2-3-5-11(9)16-13/h2-5,8H,6-7H2,1H3,(H2,14,18)(H,15,16). The van der Waals surface area contributed by atoms with Crippen LogP contribution in [-0.4, -0.2) is 32.7 Å². The van der Waals surface area contributed by atoms with Crippen molar-refractivity contribution in [1.82, 2.24) is 4.98 Å². The van der Waals surface area contributed by atoms with Gasteiger partial charge in [-0.25, -0.2) is 4.98 Å². The van der Waals surface area contributed by atoms with Crippen LogP contribution in [0.3, 0.4) is 0 Å². The minimum absolute atomic E-state index is 0.304. The molecule has 4 nitrogen and oxygen atoms in total. The van der Waals surface area contributed by atoms with Gasteiger partial charge in [-0.05, 0) is 12.1 Å². The van der Waals surface area contributed by atoms with E-state index in [1.807, 2.05) is 30.3 Å². The van der Waals surface area contributed by atoms with E-state index < -0.39 is 10.8 Å². The highest BCUT2D eigenvalue weighted by Crippen LogP contribution is 2.20. The van der Waals surface area contributed by atoms with E-state index in [0.29, 0.717) is 23.1 Å². The zero-order valence-corrected chi connectivity index (χ0v) is 12.2. The average molecular weight is 293 g/mol. The number of anilines is 1. The molecule has 1 aromatic carbocycles. The Kier molecular flexibility index (Phi) is 4.44. The molecule has 0 aliphatic carbocycles. The molecule has 100 valence electrons. The molecule has 2 aromatic rings. The summed E-state index contributed by atoms with van der Waals surface area (Å²) in [6, 6.07) is 9.70. The molecule has 0 spiro atoms. The van der Waals surface area contributed by atoms with E-state index in [0.717, 1.165) is 16.5 Å². The van der Waals surface area contributed by atoms with Gasteiger partial charge in [-0.3, -0.25) is 4.21 Å². The normalized spacial score (nSPS) is 12.3. The molecular weight excluding hydrogens is 278 g/mol. The molecule has 1 heterocycles. The Bertz CT molecular complexity index is 643. The first kappa shape index (κ1) is 13.9. The van der Waals surface area contributed by atoms with Crippen molar-refractivity contribution in [2.45, 2.75) is 0 Å². The summed E-state index contributed by atoms with van der Waals surface area (Å²) < 4.78 is 11.1. The Morgan fingerprint density at radius 3 is 2.89 bits per heavy atom. The van der Waals surface area contributed by atoms with Crippen molar-refractivity contribution < 1.29 is 4.21 Å². The molecule has 2 rings (SSSR count). The molecule has 0 radical (unpaired) electrons. The fraction of sp³-hybridized carbons (Fsp3) is 0.231. The average Bonchev–Trinajstić information content (AvgIpc) is 2.37. The van der Waals surface area contributed by atoms with Crippen molar-refractivity contribution in [2.24, 2.45) is 5.73 Å². The summed E-state index contributed by atoms with van der Waals surface area (Å²) >= 11 is 5.05. The number of nitrogens with one attached hydrogen (secondary N) is 1. The maximum atomic E-state index is 11.1. The first-order valence-electron chi connectivity index (χ1n) is 5.81. The number of hydrogen-bond acceptors (Lipinski definition) is 4. The second-order valence-electron chi connectivity index (χ2n) is 4.15. The number of fused-ring (bicyclic) bond motifs is 1. The van der Waals surface area contributed by atoms with Crippen molar-refractivity contribution in [3.8, 4) is 0 Å². The van der Waals surface area contributed by atoms with Gasteiger partial charge in [0.2, 0.25) is 0 Å². The number of pyridine rings is 1. The summed E-state index contributed by atoms with van der Waals surface area (Å²) in [5, 5.41) is 4.14. The van der Waals surface area contributed by atoms with Crippen LogP contribution in [0.1, 0.15) is 5.56 Å². The Hall–Kier alpha value is -1.53. The summed E-state index contributed by atoms with van der Waals surface area (Å²) in [5.41, 5.74) is 7.32. The quantitative estimate of drug-likeness (QED) is 0.821. The predicted molar refractivity (Wildman–Crippen MR) is 85.1 cm³/mol. The highest BCUT2D eigenvalue weighted by molar-refractivity contribution is 7.84. The molecule has 1 atom stereocenters. The molecular formula is C13H15N3OS2. The monoisotopic (exact) mass is 293 g/mol. The van der Waals surface area contributed by atoms with Gasteiger partial charge in [0.25, 0.3) is 0 Å². The minimum atomic E-state index is -0.838. The lowest BCUT2D eigenvalue weighted by Gasteiger charge is -2.11. The topological polar surface area (TPSA) is 68.0 Å². The smallest absolute Gasteiger partial charge is 0.136 e. The lowest BCUT2D eigenvalue weighted by molar-refractivity contribution is 0.687. The molecule has 0 amide bonds. The summed E-state index contributed by atoms with van der Waals surface area (Å²) in [5.74, 6) is 1.21. The van der Waals surface area contributed by atoms with E-state index >= 15 is 0 Å². The molecule has 0 aliphatic rings. The summed E-state index contributed by atoms with van der Waals surface area (Å²) in [6.07, 6.45) is 1.67. The number of nitrogens with two attached hydrogens (primary N) is 1. The van der Waals surface area contributed by atoms with Crippen LogP contribution in [0.4, 0.5) is 5.82 Å². The van der Waals surface area contributed by atoms with E-state index in [2.05, 4.69) is 10.3 Å². The molecule has 6 heteroatoms. The van der Waals surface area contributed by atoms with Crippen LogP contribution in [0.15, 0.2) is 30.3 Å². The van der Waals surface area contributed by atoms with E-state index in [1.54, 1.807) is 6.26 Å². The molecule has 0 bridgehead atoms. The molecule has 1 aromatic heterocycles. The van der Waals surface area contributed by atoms with Crippen LogP contribution in [0.25, 0.3) is 10.9 Å². The first-order chi connectivity index (χ1) is 9.08. The van der Waals surface area contributed by atoms with Crippen LogP contribution in [0, 0.1) is 0 Å². The third kappa shape index (κ3) is 3.48. The molecule has 0 saturated heterocycles. The lowest BCUT2D eigenvalue weighted by Crippen LogP contribution is -2.17. The molecule has 1 unspecified atom stereocenters. The van der Waals surface area contributed by atoms with E-state index in [1.165, 1.54) is 0 Å². The fourth-order valence-corrected chi connectivity index (χ4v) is 2.30. The summed E-state index contributed by atoms with van der Waals surface area (Å²) in [4.78, 5) is 4.82. The van der Waals surface area contributed by atoms with Gasteiger partial charge in [0.05, 0.1) is 11.1 Å². The van der Waals surface area contributed by atoms with Crippen molar-refractivity contribution in [3.05, 3.63) is 35.9 Å². The van der Waals surface area contributed by atoms with Crippen molar-refractivity contribution in [3.63, 3.8) is 0 Å². The first-order valence-corrected chi connectivity index (χ1v) is 7.95. The minimum Gasteiger partial charge on any atom is -0.389 e. The molecule has 0 fully saturated rings. The predicted octanol–water partition coefficient (Wildman–Crippen LogP) is 1.66. The van der Waals surface area contributed by atoms with Gasteiger partial charge in [-0.2, -0.15) is 0 Å². The van der Waals surface area contributed by atoms with E-state index in [9.17, 15) is 4.21 Å². The number of para-hydroxylation sites is 1. The Labute approximate surface area is 119 Å². The molecule has 3 N–H and O–H groups in total. The third-order valence-electron chi connectivity index (χ3n) is 2.67. The lowest BCUT2D eigenvalue weighted by atomic mass is 10.1. The number of thiocarbonyl (C=S) groups is 1. The second-order valence-corrected chi connectivity index (χ2v) is 6.14. The van der Waals surface area contributed by atoms with Gasteiger partial charge in [-0.15, -0.1) is 0 Å². The van der Waals surface area contributed by atoms with Gasteiger partial charge in [0.15, 0.2) is 0 Å². The maximum absolute atomic E-state index is 11.1. The second kappa shape index (κ2) is 6.08. The highest BCUT2D eigenvalue weighted by atomic mass is 32.2. The molecule has 0 saturated carbocycles. The number of benzene rings is 1. The van der Waals surface area contributed by atoms with Crippen LogP contribution in [-0.2, 0) is 10.8 Å². The summed E-state index contributed by atoms with van der Waals surface area (Å²) in [6.45, 7) is 0.573. The maximum Gasteiger partial charge on any atom is 0.136 e. The third-order valence-corrected chi connectivity index (χ3v) is 3.67. The van der Waals surface area contributed by atoms with Crippen LogP contribution >= 0.6 is 12.2 Å². The zero-order chi connectivity index (χ0) is 13.8. The van der Waals surface area contributed by atoms with Crippen molar-refractivity contribution in [1.29, 1.82) is 0 Å². The highest BCUT2D eigenvalue weighted by Gasteiger charge is 2.08. The number of aromatic nitrogens is 1. The Morgan fingerprint density at radius 2 is 2.21 bits per heavy atom. The zero-order valence-electron chi connectivity index (χ0n) is 10.6. The van der Waals surface area contributed by atoms with E-state index in [4.69, 9.17) is 18.0 Å². The van der Waals surface area contributed by atoms with Crippen molar-refractivity contribution in [2.75, 3.05) is 23.9 Å². The van der Waals surface area contributed by atoms with Gasteiger partial charge in [-0.1, -0.05) is 30.4 Å². The number of hydrogen-bond donors (Lipinski definition) is 2. The number of nitrogens with zero attached hydrogens (tertiary/aromatic N) is 1. The van der Waals surface area contributed by atoms with Crippen LogP contribution in [0.2, 0.25) is 0 Å². The van der Waals surface area contributed by atoms with Gasteiger partial charge in [0, 0.05) is 34.7 Å². The molecule has 0 aliphatic heterocycles. The van der Waals surface area contributed by atoms with Crippen LogP contribution in [0.5, 0.6) is 0 Å². The van der Waals surface area contributed by atoms with E-state index in [-0.39, 0.29) is 0 Å². The van der Waals surface area contributed by atoms with Gasteiger partial charge < -0.3 is 11.1 Å². The SMILES string of the molecule is CS(=O)CCNc1nc2ccccc2cc1C(N)=S.